The van der Waals surface area contributed by atoms with Gasteiger partial charge in [-0.25, -0.2) is 9.98 Å². The van der Waals surface area contributed by atoms with Gasteiger partial charge in [0.2, 0.25) is 5.88 Å². The molecule has 1 aromatic heterocycles. The van der Waals surface area contributed by atoms with Gasteiger partial charge in [-0.3, -0.25) is 9.79 Å². The quantitative estimate of drug-likeness (QED) is 0.692. The standard InChI is InChI=1S/C25H22N4O2/c1-15(16-6-4-3-5-7-16)28-25(30)22-11-18-10-19-14-27-24(20(19)12-21(18)29-22)17-8-9-23(31-2)26-13-17/h3-10,12-13,15H,11,14H2,1-2H3,(H,28,30)/t15-/m1/s1. The van der Waals surface area contributed by atoms with Gasteiger partial charge in [-0.1, -0.05) is 36.4 Å². The van der Waals surface area contributed by atoms with Gasteiger partial charge in [0.1, 0.15) is 5.71 Å². The van der Waals surface area contributed by atoms with Gasteiger partial charge >= 0.3 is 0 Å². The van der Waals surface area contributed by atoms with Crippen molar-refractivity contribution in [3.05, 3.63) is 88.6 Å². The number of ether oxygens (including phenoxy) is 1. The summed E-state index contributed by atoms with van der Waals surface area (Å²) in [5, 5.41) is 3.06. The van der Waals surface area contributed by atoms with Gasteiger partial charge in [0, 0.05) is 29.8 Å². The minimum atomic E-state index is -0.124. The first-order valence-corrected chi connectivity index (χ1v) is 10.3. The first-order valence-electron chi connectivity index (χ1n) is 10.3. The number of carbonyl (C=O) groups excluding carboxylic acids is 1. The van der Waals surface area contributed by atoms with E-state index in [0.29, 0.717) is 24.6 Å². The molecule has 1 amide bonds. The van der Waals surface area contributed by atoms with E-state index in [4.69, 9.17) is 9.73 Å². The van der Waals surface area contributed by atoms with E-state index >= 15 is 0 Å². The Morgan fingerprint density at radius 1 is 1.10 bits per heavy atom. The molecule has 2 aliphatic rings. The van der Waals surface area contributed by atoms with Crippen molar-refractivity contribution in [1.29, 1.82) is 0 Å². The molecule has 1 N–H and O–H groups in total. The van der Waals surface area contributed by atoms with Crippen LogP contribution < -0.4 is 10.1 Å². The van der Waals surface area contributed by atoms with Crippen LogP contribution in [0.15, 0.2) is 70.8 Å². The number of benzene rings is 2. The second-order valence-corrected chi connectivity index (χ2v) is 7.73. The molecule has 0 unspecified atom stereocenters. The molecular weight excluding hydrogens is 388 g/mol. The van der Waals surface area contributed by atoms with E-state index in [-0.39, 0.29) is 11.9 Å². The topological polar surface area (TPSA) is 75.9 Å². The lowest BCUT2D eigenvalue weighted by Gasteiger charge is -2.14. The normalized spacial score (nSPS) is 14.9. The molecule has 3 heterocycles. The number of nitrogens with zero attached hydrogens (tertiary/aromatic N) is 3. The van der Waals surface area contributed by atoms with E-state index in [0.717, 1.165) is 39.2 Å². The lowest BCUT2D eigenvalue weighted by molar-refractivity contribution is -0.115. The molecule has 0 spiro atoms. The van der Waals surface area contributed by atoms with Crippen molar-refractivity contribution < 1.29 is 9.53 Å². The molecule has 5 rings (SSSR count). The summed E-state index contributed by atoms with van der Waals surface area (Å²) in [4.78, 5) is 26.5. The number of amides is 1. The van der Waals surface area contributed by atoms with E-state index in [9.17, 15) is 4.79 Å². The van der Waals surface area contributed by atoms with Crippen molar-refractivity contribution in [3.63, 3.8) is 0 Å². The third kappa shape index (κ3) is 3.61. The number of methoxy groups -OCH3 is 1. The second kappa shape index (κ2) is 7.80. The monoisotopic (exact) mass is 410 g/mol. The van der Waals surface area contributed by atoms with E-state index < -0.39 is 0 Å². The van der Waals surface area contributed by atoms with Crippen molar-refractivity contribution in [2.45, 2.75) is 25.9 Å². The molecular formula is C25H22N4O2. The zero-order valence-corrected chi connectivity index (χ0v) is 17.4. The summed E-state index contributed by atoms with van der Waals surface area (Å²) in [6.07, 6.45) is 2.31. The average Bonchev–Trinajstić information content (AvgIpc) is 3.41. The largest absolute Gasteiger partial charge is 0.481 e. The Labute approximate surface area is 180 Å². The predicted octanol–water partition coefficient (Wildman–Crippen LogP) is 3.95. The summed E-state index contributed by atoms with van der Waals surface area (Å²) in [6.45, 7) is 2.60. The third-order valence-electron chi connectivity index (χ3n) is 5.71. The molecule has 3 aromatic rings. The summed E-state index contributed by atoms with van der Waals surface area (Å²) in [6, 6.07) is 17.8. The zero-order valence-electron chi connectivity index (χ0n) is 17.4. The fourth-order valence-electron chi connectivity index (χ4n) is 4.02. The highest BCUT2D eigenvalue weighted by Crippen LogP contribution is 2.34. The fourth-order valence-corrected chi connectivity index (χ4v) is 4.02. The maximum Gasteiger partial charge on any atom is 0.266 e. The van der Waals surface area contributed by atoms with Crippen LogP contribution in [0.4, 0.5) is 5.69 Å². The Balaban J connectivity index is 1.36. The molecule has 0 bridgehead atoms. The number of carbonyl (C=O) groups is 1. The number of nitrogens with one attached hydrogen (secondary N) is 1. The maximum absolute atomic E-state index is 12.8. The van der Waals surface area contributed by atoms with Gasteiger partial charge in [-0.2, -0.15) is 0 Å². The molecule has 1 atom stereocenters. The number of hydrogen-bond acceptors (Lipinski definition) is 5. The Morgan fingerprint density at radius 2 is 1.94 bits per heavy atom. The summed E-state index contributed by atoms with van der Waals surface area (Å²) in [5.41, 5.74) is 7.57. The number of rotatable bonds is 5. The number of aliphatic imine (C=N–C) groups is 2. The van der Waals surface area contributed by atoms with Crippen LogP contribution in [0.3, 0.4) is 0 Å². The van der Waals surface area contributed by atoms with Crippen LogP contribution in [0, 0.1) is 0 Å². The van der Waals surface area contributed by atoms with Gasteiger partial charge in [-0.15, -0.1) is 0 Å². The molecule has 31 heavy (non-hydrogen) atoms. The molecule has 0 radical (unpaired) electrons. The summed E-state index contributed by atoms with van der Waals surface area (Å²) in [7, 11) is 1.60. The van der Waals surface area contributed by atoms with Crippen LogP contribution in [0.1, 0.15) is 40.8 Å². The van der Waals surface area contributed by atoms with Crippen molar-refractivity contribution >= 4 is 23.0 Å². The minimum absolute atomic E-state index is 0.0774. The van der Waals surface area contributed by atoms with Crippen molar-refractivity contribution in [3.8, 4) is 5.88 Å². The van der Waals surface area contributed by atoms with Gasteiger partial charge < -0.3 is 10.1 Å². The minimum Gasteiger partial charge on any atom is -0.481 e. The Morgan fingerprint density at radius 3 is 2.68 bits per heavy atom. The second-order valence-electron chi connectivity index (χ2n) is 7.73. The first-order chi connectivity index (χ1) is 15.1. The lowest BCUT2D eigenvalue weighted by atomic mass is 9.97. The van der Waals surface area contributed by atoms with Crippen LogP contribution in [0.25, 0.3) is 0 Å². The molecule has 6 nitrogen and oxygen atoms in total. The van der Waals surface area contributed by atoms with Crippen LogP contribution in [0.5, 0.6) is 5.88 Å². The van der Waals surface area contributed by atoms with Crippen LogP contribution in [-0.2, 0) is 17.8 Å². The van der Waals surface area contributed by atoms with Crippen molar-refractivity contribution in [1.82, 2.24) is 10.3 Å². The molecule has 2 aliphatic heterocycles. The zero-order chi connectivity index (χ0) is 21.4. The highest BCUT2D eigenvalue weighted by molar-refractivity contribution is 6.41. The molecule has 154 valence electrons. The molecule has 0 aliphatic carbocycles. The molecule has 2 aromatic carbocycles. The van der Waals surface area contributed by atoms with E-state index in [1.54, 1.807) is 13.3 Å². The highest BCUT2D eigenvalue weighted by atomic mass is 16.5. The molecule has 0 fully saturated rings. The van der Waals surface area contributed by atoms with Crippen molar-refractivity contribution in [2.75, 3.05) is 7.11 Å². The third-order valence-corrected chi connectivity index (χ3v) is 5.71. The highest BCUT2D eigenvalue weighted by Gasteiger charge is 2.26. The fraction of sp³-hybridized carbons (Fsp3) is 0.200. The Kier molecular flexibility index (Phi) is 4.82. The van der Waals surface area contributed by atoms with Crippen LogP contribution in [-0.4, -0.2) is 29.4 Å². The van der Waals surface area contributed by atoms with Gasteiger partial charge in [0.15, 0.2) is 0 Å². The van der Waals surface area contributed by atoms with E-state index in [1.165, 1.54) is 0 Å². The van der Waals surface area contributed by atoms with Gasteiger partial charge in [0.25, 0.3) is 5.91 Å². The summed E-state index contributed by atoms with van der Waals surface area (Å²) in [5.74, 6) is 0.447. The van der Waals surface area contributed by atoms with Gasteiger partial charge in [-0.05, 0) is 35.7 Å². The molecule has 0 saturated carbocycles. The number of pyridine rings is 1. The number of fused-ring (bicyclic) bond motifs is 2. The first kappa shape index (κ1) is 19.2. The Bertz CT molecular complexity index is 1210. The maximum atomic E-state index is 12.8. The summed E-state index contributed by atoms with van der Waals surface area (Å²) >= 11 is 0. The number of hydrogen-bond donors (Lipinski definition) is 1. The van der Waals surface area contributed by atoms with E-state index in [1.807, 2.05) is 55.5 Å². The molecule has 0 saturated heterocycles. The van der Waals surface area contributed by atoms with Crippen molar-refractivity contribution in [2.24, 2.45) is 9.98 Å². The Hall–Kier alpha value is -3.80. The summed E-state index contributed by atoms with van der Waals surface area (Å²) < 4.78 is 5.14. The number of aromatic nitrogens is 1. The predicted molar refractivity (Wildman–Crippen MR) is 120 cm³/mol. The SMILES string of the molecule is COc1ccc(C2=NCc3cc4c(cc32)N=C(C(=O)N[C@H](C)c2ccccc2)C4)cn1. The average molecular weight is 410 g/mol. The lowest BCUT2D eigenvalue weighted by Crippen LogP contribution is -2.33. The smallest absolute Gasteiger partial charge is 0.266 e. The van der Waals surface area contributed by atoms with E-state index in [2.05, 4.69) is 21.4 Å². The van der Waals surface area contributed by atoms with Crippen LogP contribution in [0.2, 0.25) is 0 Å². The van der Waals surface area contributed by atoms with Crippen LogP contribution >= 0.6 is 0 Å². The molecule has 6 heteroatoms. The van der Waals surface area contributed by atoms with Gasteiger partial charge in [0.05, 0.1) is 31.1 Å².